The highest BCUT2D eigenvalue weighted by atomic mass is 16.2. The number of rotatable bonds is 4. The summed E-state index contributed by atoms with van der Waals surface area (Å²) < 4.78 is 0. The molecule has 0 bridgehead atoms. The van der Waals surface area contributed by atoms with Crippen LogP contribution in [-0.2, 0) is 0 Å². The normalized spacial score (nSPS) is 16.5. The zero-order chi connectivity index (χ0) is 17.8. The van der Waals surface area contributed by atoms with Gasteiger partial charge in [-0.15, -0.1) is 0 Å². The van der Waals surface area contributed by atoms with Crippen molar-refractivity contribution < 1.29 is 4.79 Å². The standard InChI is InChI=1S/C20H19N5O/c26-19(25-12-6-10-18(25)17-9-4-5-11-21-17)15-13-22-20(23-14-15)24-16-7-2-1-3-8-16/h1-5,7-9,11,13-14,18H,6,10,12H2,(H,22,23,24)/t18-/m1/s1. The van der Waals surface area contributed by atoms with E-state index in [1.54, 1.807) is 18.6 Å². The van der Waals surface area contributed by atoms with Crippen molar-refractivity contribution in [2.75, 3.05) is 11.9 Å². The van der Waals surface area contributed by atoms with Crippen LogP contribution in [0, 0.1) is 0 Å². The molecule has 130 valence electrons. The Morgan fingerprint density at radius 2 is 1.77 bits per heavy atom. The van der Waals surface area contributed by atoms with Gasteiger partial charge in [-0.25, -0.2) is 9.97 Å². The monoisotopic (exact) mass is 345 g/mol. The highest BCUT2D eigenvalue weighted by molar-refractivity contribution is 5.94. The number of anilines is 2. The van der Waals surface area contributed by atoms with Crippen molar-refractivity contribution in [2.24, 2.45) is 0 Å². The molecule has 4 rings (SSSR count). The van der Waals surface area contributed by atoms with E-state index in [0.717, 1.165) is 30.8 Å². The Morgan fingerprint density at radius 1 is 1.00 bits per heavy atom. The van der Waals surface area contributed by atoms with E-state index in [4.69, 9.17) is 0 Å². The molecule has 0 unspecified atom stereocenters. The van der Waals surface area contributed by atoms with Crippen LogP contribution in [0.15, 0.2) is 67.1 Å². The Kier molecular flexibility index (Phi) is 4.55. The third-order valence-corrected chi connectivity index (χ3v) is 4.47. The fourth-order valence-electron chi connectivity index (χ4n) is 3.21. The molecule has 1 atom stereocenters. The van der Waals surface area contributed by atoms with Crippen LogP contribution in [0.3, 0.4) is 0 Å². The molecule has 0 saturated carbocycles. The summed E-state index contributed by atoms with van der Waals surface area (Å²) >= 11 is 0. The lowest BCUT2D eigenvalue weighted by Crippen LogP contribution is -2.31. The average molecular weight is 345 g/mol. The van der Waals surface area contributed by atoms with E-state index < -0.39 is 0 Å². The summed E-state index contributed by atoms with van der Waals surface area (Å²) in [7, 11) is 0. The number of likely N-dealkylation sites (tertiary alicyclic amines) is 1. The zero-order valence-electron chi connectivity index (χ0n) is 14.2. The van der Waals surface area contributed by atoms with Crippen molar-refractivity contribution in [2.45, 2.75) is 18.9 Å². The van der Waals surface area contributed by atoms with Gasteiger partial charge >= 0.3 is 0 Å². The summed E-state index contributed by atoms with van der Waals surface area (Å²) in [6, 6.07) is 15.5. The lowest BCUT2D eigenvalue weighted by atomic mass is 10.1. The molecular weight excluding hydrogens is 326 g/mol. The number of nitrogens with zero attached hydrogens (tertiary/aromatic N) is 4. The fourth-order valence-corrected chi connectivity index (χ4v) is 3.21. The van der Waals surface area contributed by atoms with Gasteiger partial charge in [-0.1, -0.05) is 24.3 Å². The predicted octanol–water partition coefficient (Wildman–Crippen LogP) is 3.59. The molecule has 1 N–H and O–H groups in total. The highest BCUT2D eigenvalue weighted by Gasteiger charge is 2.31. The third-order valence-electron chi connectivity index (χ3n) is 4.47. The number of aromatic nitrogens is 3. The summed E-state index contributed by atoms with van der Waals surface area (Å²) in [6.07, 6.45) is 6.82. The molecule has 6 heteroatoms. The van der Waals surface area contributed by atoms with E-state index in [-0.39, 0.29) is 11.9 Å². The van der Waals surface area contributed by atoms with E-state index in [2.05, 4.69) is 20.3 Å². The first-order chi connectivity index (χ1) is 12.8. The van der Waals surface area contributed by atoms with Crippen molar-refractivity contribution in [3.63, 3.8) is 0 Å². The van der Waals surface area contributed by atoms with Crippen molar-refractivity contribution in [1.82, 2.24) is 19.9 Å². The molecule has 1 aliphatic rings. The van der Waals surface area contributed by atoms with Gasteiger partial charge in [0, 0.05) is 30.8 Å². The molecule has 1 aliphatic heterocycles. The van der Waals surface area contributed by atoms with Crippen molar-refractivity contribution in [1.29, 1.82) is 0 Å². The number of hydrogen-bond donors (Lipinski definition) is 1. The molecule has 0 aliphatic carbocycles. The molecule has 0 spiro atoms. The summed E-state index contributed by atoms with van der Waals surface area (Å²) in [5, 5.41) is 3.12. The lowest BCUT2D eigenvalue weighted by Gasteiger charge is -2.24. The number of carbonyl (C=O) groups excluding carboxylic acids is 1. The van der Waals surface area contributed by atoms with Crippen LogP contribution < -0.4 is 5.32 Å². The van der Waals surface area contributed by atoms with Gasteiger partial charge in [-0.05, 0) is 37.1 Å². The van der Waals surface area contributed by atoms with Crippen LogP contribution in [0.25, 0.3) is 0 Å². The third kappa shape index (κ3) is 3.39. The van der Waals surface area contributed by atoms with Gasteiger partial charge in [-0.2, -0.15) is 0 Å². The molecule has 1 amide bonds. The number of para-hydroxylation sites is 1. The van der Waals surface area contributed by atoms with Gasteiger partial charge in [0.1, 0.15) is 0 Å². The molecule has 1 fully saturated rings. The molecule has 3 heterocycles. The molecule has 6 nitrogen and oxygen atoms in total. The van der Waals surface area contributed by atoms with Gasteiger partial charge in [0.15, 0.2) is 0 Å². The van der Waals surface area contributed by atoms with Crippen LogP contribution in [0.4, 0.5) is 11.6 Å². The number of carbonyl (C=O) groups is 1. The van der Waals surface area contributed by atoms with Crippen molar-refractivity contribution >= 4 is 17.5 Å². The number of pyridine rings is 1. The van der Waals surface area contributed by atoms with Crippen LogP contribution in [-0.4, -0.2) is 32.3 Å². The Labute approximate surface area is 151 Å². The largest absolute Gasteiger partial charge is 0.330 e. The number of benzene rings is 1. The minimum absolute atomic E-state index is 0.0193. The zero-order valence-corrected chi connectivity index (χ0v) is 14.2. The summed E-state index contributed by atoms with van der Waals surface area (Å²) in [6.45, 7) is 0.726. The number of nitrogens with one attached hydrogen (secondary N) is 1. The SMILES string of the molecule is O=C(c1cnc(Nc2ccccc2)nc1)N1CCC[C@@H]1c1ccccn1. The number of hydrogen-bond acceptors (Lipinski definition) is 5. The van der Waals surface area contributed by atoms with E-state index in [1.807, 2.05) is 53.4 Å². The van der Waals surface area contributed by atoms with Crippen LogP contribution in [0.1, 0.15) is 34.9 Å². The van der Waals surface area contributed by atoms with Gasteiger partial charge in [0.2, 0.25) is 5.95 Å². The van der Waals surface area contributed by atoms with E-state index in [0.29, 0.717) is 11.5 Å². The summed E-state index contributed by atoms with van der Waals surface area (Å²) in [5.41, 5.74) is 2.33. The maximum atomic E-state index is 12.9. The smallest absolute Gasteiger partial charge is 0.257 e. The van der Waals surface area contributed by atoms with E-state index in [9.17, 15) is 4.79 Å². The second kappa shape index (κ2) is 7.31. The molecule has 1 saturated heterocycles. The molecular formula is C20H19N5O. The molecule has 3 aromatic rings. The van der Waals surface area contributed by atoms with Gasteiger partial charge < -0.3 is 10.2 Å². The van der Waals surface area contributed by atoms with Crippen LogP contribution in [0.2, 0.25) is 0 Å². The first-order valence-corrected chi connectivity index (χ1v) is 8.67. The summed E-state index contributed by atoms with van der Waals surface area (Å²) in [5.74, 6) is 0.417. The summed E-state index contributed by atoms with van der Waals surface area (Å²) in [4.78, 5) is 27.7. The Morgan fingerprint density at radius 3 is 2.50 bits per heavy atom. The van der Waals surface area contributed by atoms with Gasteiger partial charge in [0.25, 0.3) is 5.91 Å². The quantitative estimate of drug-likeness (QED) is 0.782. The van der Waals surface area contributed by atoms with Crippen molar-refractivity contribution in [3.8, 4) is 0 Å². The second-order valence-electron chi connectivity index (χ2n) is 6.20. The first-order valence-electron chi connectivity index (χ1n) is 8.67. The Hall–Kier alpha value is -3.28. The van der Waals surface area contributed by atoms with E-state index in [1.165, 1.54) is 0 Å². The fraction of sp³-hybridized carbons (Fsp3) is 0.200. The maximum Gasteiger partial charge on any atom is 0.257 e. The molecule has 26 heavy (non-hydrogen) atoms. The van der Waals surface area contributed by atoms with Crippen LogP contribution >= 0.6 is 0 Å². The Bertz CT molecular complexity index is 868. The minimum atomic E-state index is -0.0515. The average Bonchev–Trinajstić information content (AvgIpc) is 3.19. The molecule has 0 radical (unpaired) electrons. The second-order valence-corrected chi connectivity index (χ2v) is 6.20. The lowest BCUT2D eigenvalue weighted by molar-refractivity contribution is 0.0732. The highest BCUT2D eigenvalue weighted by Crippen LogP contribution is 2.31. The predicted molar refractivity (Wildman–Crippen MR) is 99.0 cm³/mol. The van der Waals surface area contributed by atoms with Gasteiger partial charge in [0.05, 0.1) is 17.3 Å². The number of amides is 1. The topological polar surface area (TPSA) is 71.0 Å². The van der Waals surface area contributed by atoms with Crippen LogP contribution in [0.5, 0.6) is 0 Å². The molecule has 1 aromatic carbocycles. The van der Waals surface area contributed by atoms with Crippen molar-refractivity contribution in [3.05, 3.63) is 78.4 Å². The first kappa shape index (κ1) is 16.2. The Balaban J connectivity index is 1.49. The molecule has 2 aromatic heterocycles. The van der Waals surface area contributed by atoms with E-state index >= 15 is 0 Å². The minimum Gasteiger partial charge on any atom is -0.330 e. The maximum absolute atomic E-state index is 12.9. The van der Waals surface area contributed by atoms with Gasteiger partial charge in [-0.3, -0.25) is 9.78 Å².